The van der Waals surface area contributed by atoms with Gasteiger partial charge in [-0.15, -0.1) is 11.3 Å². The van der Waals surface area contributed by atoms with E-state index in [1.807, 2.05) is 13.8 Å². The van der Waals surface area contributed by atoms with Gasteiger partial charge in [-0.3, -0.25) is 4.72 Å². The Morgan fingerprint density at radius 1 is 1.38 bits per heavy atom. The summed E-state index contributed by atoms with van der Waals surface area (Å²) in [4.78, 5) is 17.4. The van der Waals surface area contributed by atoms with Gasteiger partial charge in [0.15, 0.2) is 0 Å². The van der Waals surface area contributed by atoms with Crippen molar-refractivity contribution in [1.82, 2.24) is 4.98 Å². The van der Waals surface area contributed by atoms with Crippen LogP contribution < -0.4 is 9.62 Å². The zero-order valence-electron chi connectivity index (χ0n) is 13.0. The SMILES string of the molecule is CCN(CC)c1ncc(NS(=O)(=O)c2ccc(Cl)s2)cc1C(=O)O. The molecule has 0 spiro atoms. The summed E-state index contributed by atoms with van der Waals surface area (Å²) >= 11 is 6.66. The average Bonchev–Trinajstić information content (AvgIpc) is 2.96. The van der Waals surface area contributed by atoms with Crippen molar-refractivity contribution >= 4 is 50.4 Å². The Balaban J connectivity index is 2.39. The van der Waals surface area contributed by atoms with Gasteiger partial charge in [0.1, 0.15) is 15.6 Å². The van der Waals surface area contributed by atoms with Crippen LogP contribution in [0.3, 0.4) is 0 Å². The largest absolute Gasteiger partial charge is 0.478 e. The molecule has 0 aliphatic heterocycles. The maximum absolute atomic E-state index is 12.3. The molecule has 2 N–H and O–H groups in total. The fourth-order valence-corrected chi connectivity index (χ4v) is 4.61. The number of pyridine rings is 1. The number of anilines is 2. The Morgan fingerprint density at radius 2 is 2.04 bits per heavy atom. The van der Waals surface area contributed by atoms with Crippen LogP contribution in [0.2, 0.25) is 4.34 Å². The van der Waals surface area contributed by atoms with Gasteiger partial charge in [0.05, 0.1) is 16.2 Å². The summed E-state index contributed by atoms with van der Waals surface area (Å²) in [5.41, 5.74) is 0.0101. The molecule has 24 heavy (non-hydrogen) atoms. The number of carboxylic acid groups (broad SMARTS) is 1. The molecule has 0 fully saturated rings. The molecule has 0 aliphatic rings. The molecule has 0 saturated heterocycles. The molecule has 2 rings (SSSR count). The summed E-state index contributed by atoms with van der Waals surface area (Å²) in [6, 6.07) is 4.12. The predicted octanol–water partition coefficient (Wildman–Crippen LogP) is 3.14. The standard InChI is InChI=1S/C14H16ClN3O4S2/c1-3-18(4-2)13-10(14(19)20)7-9(8-16-13)17-24(21,22)12-6-5-11(15)23-12/h5-8,17H,3-4H2,1-2H3,(H,19,20). The highest BCUT2D eigenvalue weighted by Gasteiger charge is 2.21. The van der Waals surface area contributed by atoms with Gasteiger partial charge < -0.3 is 10.0 Å². The predicted molar refractivity (Wildman–Crippen MR) is 94.9 cm³/mol. The van der Waals surface area contributed by atoms with Crippen molar-refractivity contribution in [3.63, 3.8) is 0 Å². The fourth-order valence-electron chi connectivity index (χ4n) is 2.09. The van der Waals surface area contributed by atoms with E-state index in [4.69, 9.17) is 11.6 Å². The van der Waals surface area contributed by atoms with Gasteiger partial charge in [0.2, 0.25) is 0 Å². The van der Waals surface area contributed by atoms with Gasteiger partial charge in [-0.05, 0) is 32.0 Å². The highest BCUT2D eigenvalue weighted by atomic mass is 35.5. The second-order valence-electron chi connectivity index (χ2n) is 4.74. The van der Waals surface area contributed by atoms with Crippen molar-refractivity contribution in [2.24, 2.45) is 0 Å². The van der Waals surface area contributed by atoms with E-state index >= 15 is 0 Å². The van der Waals surface area contributed by atoms with Crippen LogP contribution in [0.5, 0.6) is 0 Å². The lowest BCUT2D eigenvalue weighted by molar-refractivity contribution is 0.0697. The Hall–Kier alpha value is -1.84. The van der Waals surface area contributed by atoms with Crippen LogP contribution in [0, 0.1) is 0 Å². The molecule has 130 valence electrons. The molecule has 7 nitrogen and oxygen atoms in total. The Morgan fingerprint density at radius 3 is 2.54 bits per heavy atom. The fraction of sp³-hybridized carbons (Fsp3) is 0.286. The van der Waals surface area contributed by atoms with Crippen molar-refractivity contribution in [1.29, 1.82) is 0 Å². The summed E-state index contributed by atoms with van der Waals surface area (Å²) in [6.07, 6.45) is 1.30. The third kappa shape index (κ3) is 3.97. The van der Waals surface area contributed by atoms with Crippen molar-refractivity contribution < 1.29 is 18.3 Å². The summed E-state index contributed by atoms with van der Waals surface area (Å²) in [6.45, 7) is 4.94. The first-order valence-electron chi connectivity index (χ1n) is 7.05. The Bertz CT molecular complexity index is 847. The van der Waals surface area contributed by atoms with E-state index in [0.717, 1.165) is 11.3 Å². The topological polar surface area (TPSA) is 99.6 Å². The lowest BCUT2D eigenvalue weighted by Crippen LogP contribution is -2.25. The maximum Gasteiger partial charge on any atom is 0.339 e. The quantitative estimate of drug-likeness (QED) is 0.754. The third-order valence-electron chi connectivity index (χ3n) is 3.23. The summed E-state index contributed by atoms with van der Waals surface area (Å²) in [5, 5.41) is 9.39. The van der Waals surface area contributed by atoms with Crippen molar-refractivity contribution in [2.45, 2.75) is 18.1 Å². The molecule has 0 aliphatic carbocycles. The summed E-state index contributed by atoms with van der Waals surface area (Å²) in [5.74, 6) is -0.876. The molecule has 0 saturated carbocycles. The van der Waals surface area contributed by atoms with Crippen LogP contribution in [0.4, 0.5) is 11.5 Å². The first-order valence-corrected chi connectivity index (χ1v) is 9.72. The number of aromatic carboxylic acids is 1. The van der Waals surface area contributed by atoms with Gasteiger partial charge >= 0.3 is 5.97 Å². The number of rotatable bonds is 7. The second kappa shape index (κ2) is 7.37. The lowest BCUT2D eigenvalue weighted by Gasteiger charge is -2.21. The van der Waals surface area contributed by atoms with Gasteiger partial charge in [-0.25, -0.2) is 18.2 Å². The number of nitrogens with zero attached hydrogens (tertiary/aromatic N) is 2. The minimum atomic E-state index is -3.84. The minimum absolute atomic E-state index is 0.0391. The normalized spacial score (nSPS) is 11.3. The number of nitrogens with one attached hydrogen (secondary N) is 1. The van der Waals surface area contributed by atoms with Gasteiger partial charge in [0.25, 0.3) is 10.0 Å². The zero-order chi connectivity index (χ0) is 17.9. The van der Waals surface area contributed by atoms with Crippen LogP contribution in [0.25, 0.3) is 0 Å². The van der Waals surface area contributed by atoms with Gasteiger partial charge in [-0.2, -0.15) is 0 Å². The number of hydrogen-bond acceptors (Lipinski definition) is 6. The molecule has 2 aromatic heterocycles. The Labute approximate surface area is 149 Å². The zero-order valence-corrected chi connectivity index (χ0v) is 15.4. The smallest absolute Gasteiger partial charge is 0.339 e. The lowest BCUT2D eigenvalue weighted by atomic mass is 10.2. The molecule has 2 heterocycles. The molecule has 10 heteroatoms. The molecule has 0 radical (unpaired) electrons. The number of hydrogen-bond donors (Lipinski definition) is 2. The molecule has 0 aromatic carbocycles. The number of sulfonamides is 1. The maximum atomic E-state index is 12.3. The summed E-state index contributed by atoms with van der Waals surface area (Å²) < 4.78 is 27.3. The van der Waals surface area contributed by atoms with Crippen molar-refractivity contribution in [2.75, 3.05) is 22.7 Å². The van der Waals surface area contributed by atoms with E-state index < -0.39 is 16.0 Å². The van der Waals surface area contributed by atoms with Crippen LogP contribution >= 0.6 is 22.9 Å². The minimum Gasteiger partial charge on any atom is -0.478 e. The first kappa shape index (κ1) is 18.5. The molecule has 0 amide bonds. The number of thiophene rings is 1. The Kier molecular flexibility index (Phi) is 5.68. The van der Waals surface area contributed by atoms with E-state index in [0.29, 0.717) is 23.2 Å². The van der Waals surface area contributed by atoms with E-state index in [1.165, 1.54) is 24.4 Å². The molecule has 0 unspecified atom stereocenters. The molecule has 2 aromatic rings. The monoisotopic (exact) mass is 389 g/mol. The molecular formula is C14H16ClN3O4S2. The van der Waals surface area contributed by atoms with E-state index in [9.17, 15) is 18.3 Å². The van der Waals surface area contributed by atoms with Crippen molar-refractivity contribution in [3.8, 4) is 0 Å². The first-order chi connectivity index (χ1) is 11.3. The average molecular weight is 390 g/mol. The molecule has 0 bridgehead atoms. The molecule has 0 atom stereocenters. The number of aromatic nitrogens is 1. The van der Waals surface area contributed by atoms with E-state index in [1.54, 1.807) is 4.90 Å². The highest BCUT2D eigenvalue weighted by Crippen LogP contribution is 2.28. The van der Waals surface area contributed by atoms with E-state index in [2.05, 4.69) is 9.71 Å². The highest BCUT2D eigenvalue weighted by molar-refractivity contribution is 7.94. The summed E-state index contributed by atoms with van der Waals surface area (Å²) in [7, 11) is -3.84. The third-order valence-corrected chi connectivity index (χ3v) is 6.33. The second-order valence-corrected chi connectivity index (χ2v) is 8.36. The van der Waals surface area contributed by atoms with Gasteiger partial charge in [-0.1, -0.05) is 11.6 Å². The van der Waals surface area contributed by atoms with Crippen LogP contribution in [-0.2, 0) is 10.0 Å². The van der Waals surface area contributed by atoms with E-state index in [-0.39, 0.29) is 15.5 Å². The van der Waals surface area contributed by atoms with Crippen LogP contribution in [0.15, 0.2) is 28.6 Å². The van der Waals surface area contributed by atoms with Crippen molar-refractivity contribution in [3.05, 3.63) is 34.3 Å². The van der Waals surface area contributed by atoms with Gasteiger partial charge in [0, 0.05) is 13.1 Å². The van der Waals surface area contributed by atoms with Crippen LogP contribution in [0.1, 0.15) is 24.2 Å². The number of carboxylic acids is 1. The van der Waals surface area contributed by atoms with Crippen LogP contribution in [-0.4, -0.2) is 37.6 Å². The number of halogens is 1. The number of carbonyl (C=O) groups is 1. The molecular weight excluding hydrogens is 374 g/mol.